The number of rotatable bonds is 9. The Morgan fingerprint density at radius 3 is 2.64 bits per heavy atom. The van der Waals surface area contributed by atoms with Crippen LogP contribution in [-0.2, 0) is 27.1 Å². The maximum atomic E-state index is 13.6. The maximum absolute atomic E-state index is 13.6. The Hall–Kier alpha value is -2.98. The van der Waals surface area contributed by atoms with Crippen molar-refractivity contribution in [3.8, 4) is 5.75 Å². The van der Waals surface area contributed by atoms with Gasteiger partial charge in [0.1, 0.15) is 16.1 Å². The number of hydrogen-bond acceptors (Lipinski definition) is 9. The van der Waals surface area contributed by atoms with Crippen LogP contribution in [-0.4, -0.2) is 85.5 Å². The first kappa shape index (κ1) is 29.0. The number of fused-ring (bicyclic) bond motifs is 1. The van der Waals surface area contributed by atoms with Crippen molar-refractivity contribution in [1.82, 2.24) is 18.8 Å². The van der Waals surface area contributed by atoms with Crippen molar-refractivity contribution >= 4 is 43.0 Å². The Bertz CT molecular complexity index is 1540. The molecule has 1 amide bonds. The molecule has 0 saturated heterocycles. The zero-order valence-corrected chi connectivity index (χ0v) is 24.3. The summed E-state index contributed by atoms with van der Waals surface area (Å²) in [5, 5.41) is 11.4. The van der Waals surface area contributed by atoms with Crippen molar-refractivity contribution < 1.29 is 31.5 Å². The quantitative estimate of drug-likeness (QED) is 0.379. The molecule has 0 radical (unpaired) electrons. The number of aliphatic hydroxyl groups excluding tert-OH is 1. The van der Waals surface area contributed by atoms with E-state index >= 15 is 0 Å². The predicted octanol–water partition coefficient (Wildman–Crippen LogP) is 1.82. The normalized spacial score (nSPS) is 19.2. The molecule has 0 saturated carbocycles. The standard InChI is InChI=1S/C24H31N5O7S3/c1-16-11-29(17(2)14-30)24(31)19-10-18(26-38(32,33)22-13-27(3)15-25-22)7-8-20(19)36-21(16)12-28(4)39(34,35)23-6-5-9-37-23/h5-10,13,15-17,21,26,30H,11-12,14H2,1-4H3/t16-,17+,21-/m1/s1. The fourth-order valence-electron chi connectivity index (χ4n) is 4.15. The summed E-state index contributed by atoms with van der Waals surface area (Å²) in [7, 11) is -4.65. The van der Waals surface area contributed by atoms with E-state index in [1.165, 1.54) is 57.6 Å². The molecule has 0 bridgehead atoms. The number of carbonyl (C=O) groups is 1. The molecule has 1 aliphatic heterocycles. The number of nitrogens with one attached hydrogen (secondary N) is 1. The van der Waals surface area contributed by atoms with Gasteiger partial charge < -0.3 is 19.3 Å². The number of aliphatic hydroxyl groups is 1. The second-order valence-electron chi connectivity index (χ2n) is 9.53. The highest BCUT2D eigenvalue weighted by Crippen LogP contribution is 2.32. The molecule has 3 atom stereocenters. The Kier molecular flexibility index (Phi) is 8.37. The van der Waals surface area contributed by atoms with Gasteiger partial charge in [0.05, 0.1) is 31.1 Å². The molecular formula is C24H31N5O7S3. The van der Waals surface area contributed by atoms with E-state index in [4.69, 9.17) is 4.74 Å². The van der Waals surface area contributed by atoms with Gasteiger partial charge in [0, 0.05) is 38.4 Å². The lowest BCUT2D eigenvalue weighted by Crippen LogP contribution is -2.50. The summed E-state index contributed by atoms with van der Waals surface area (Å²) in [6, 6.07) is 6.95. The van der Waals surface area contributed by atoms with E-state index in [0.29, 0.717) is 0 Å². The molecule has 2 N–H and O–H groups in total. The Morgan fingerprint density at radius 2 is 2.03 bits per heavy atom. The van der Waals surface area contributed by atoms with Crippen LogP contribution in [0.3, 0.4) is 0 Å². The summed E-state index contributed by atoms with van der Waals surface area (Å²) < 4.78 is 63.3. The third-order valence-electron chi connectivity index (χ3n) is 6.47. The number of likely N-dealkylation sites (N-methyl/N-ethyl adjacent to an activating group) is 1. The molecule has 4 rings (SSSR count). The smallest absolute Gasteiger partial charge is 0.280 e. The van der Waals surface area contributed by atoms with Crippen LogP contribution in [0.5, 0.6) is 5.75 Å². The number of aromatic nitrogens is 2. The topological polar surface area (TPSA) is 151 Å². The maximum Gasteiger partial charge on any atom is 0.280 e. The van der Waals surface area contributed by atoms with Crippen molar-refractivity contribution in [2.24, 2.45) is 13.0 Å². The second kappa shape index (κ2) is 11.3. The van der Waals surface area contributed by atoms with Crippen LogP contribution in [0.2, 0.25) is 0 Å². The fraction of sp³-hybridized carbons (Fsp3) is 0.417. The van der Waals surface area contributed by atoms with Crippen LogP contribution in [0, 0.1) is 5.92 Å². The summed E-state index contributed by atoms with van der Waals surface area (Å²) >= 11 is 1.12. The first-order valence-corrected chi connectivity index (χ1v) is 15.9. The van der Waals surface area contributed by atoms with Gasteiger partial charge in [0.2, 0.25) is 0 Å². The van der Waals surface area contributed by atoms with E-state index in [1.54, 1.807) is 25.4 Å². The number of benzene rings is 1. The lowest BCUT2D eigenvalue weighted by Gasteiger charge is -2.38. The molecule has 0 fully saturated rings. The number of nitrogens with zero attached hydrogens (tertiary/aromatic N) is 4. The molecule has 2 aromatic heterocycles. The van der Waals surface area contributed by atoms with Crippen molar-refractivity contribution in [3.63, 3.8) is 0 Å². The van der Waals surface area contributed by atoms with Crippen molar-refractivity contribution in [2.45, 2.75) is 35.2 Å². The molecular weight excluding hydrogens is 566 g/mol. The number of aryl methyl sites for hydroxylation is 1. The summed E-state index contributed by atoms with van der Waals surface area (Å²) in [4.78, 5) is 19.0. The number of ether oxygens (including phenoxy) is 1. The number of imidazole rings is 1. The number of amides is 1. The van der Waals surface area contributed by atoms with E-state index in [-0.39, 0.29) is 51.8 Å². The molecule has 0 aliphatic carbocycles. The van der Waals surface area contributed by atoms with Crippen LogP contribution < -0.4 is 9.46 Å². The van der Waals surface area contributed by atoms with Gasteiger partial charge in [-0.1, -0.05) is 13.0 Å². The van der Waals surface area contributed by atoms with Crippen LogP contribution in [0.1, 0.15) is 24.2 Å². The minimum Gasteiger partial charge on any atom is -0.488 e. The van der Waals surface area contributed by atoms with Crippen LogP contribution in [0.15, 0.2) is 57.5 Å². The summed E-state index contributed by atoms with van der Waals surface area (Å²) in [6.07, 6.45) is 2.06. The van der Waals surface area contributed by atoms with Gasteiger partial charge in [0.25, 0.3) is 26.0 Å². The molecule has 0 unspecified atom stereocenters. The monoisotopic (exact) mass is 597 g/mol. The number of thiophene rings is 1. The highest BCUT2D eigenvalue weighted by Gasteiger charge is 2.35. The number of sulfonamides is 2. The van der Waals surface area contributed by atoms with Crippen molar-refractivity contribution in [1.29, 1.82) is 0 Å². The Balaban J connectivity index is 1.68. The first-order valence-electron chi connectivity index (χ1n) is 12.1. The van der Waals surface area contributed by atoms with Gasteiger partial charge >= 0.3 is 0 Å². The molecule has 212 valence electrons. The predicted molar refractivity (Wildman–Crippen MR) is 146 cm³/mol. The first-order chi connectivity index (χ1) is 18.3. The van der Waals surface area contributed by atoms with Crippen molar-refractivity contribution in [3.05, 3.63) is 53.8 Å². The molecule has 3 heterocycles. The summed E-state index contributed by atoms with van der Waals surface area (Å²) in [5.74, 6) is -0.580. The van der Waals surface area contributed by atoms with E-state index in [1.807, 2.05) is 6.92 Å². The molecule has 3 aromatic rings. The minimum atomic E-state index is -4.02. The summed E-state index contributed by atoms with van der Waals surface area (Å²) in [6.45, 7) is 3.44. The van der Waals surface area contributed by atoms with Gasteiger partial charge in [-0.05, 0) is 36.6 Å². The van der Waals surface area contributed by atoms with E-state index in [0.717, 1.165) is 11.3 Å². The molecule has 1 aromatic carbocycles. The van der Waals surface area contributed by atoms with Gasteiger partial charge in [-0.3, -0.25) is 9.52 Å². The Morgan fingerprint density at radius 1 is 1.28 bits per heavy atom. The zero-order chi connectivity index (χ0) is 28.5. The SMILES string of the molecule is C[C@@H]1CN([C@@H](C)CO)C(=O)c2cc(NS(=O)(=O)c3cn(C)cn3)ccc2O[C@@H]1CN(C)S(=O)(=O)c1cccs1. The minimum absolute atomic E-state index is 0.00440. The van der Waals surface area contributed by atoms with Crippen molar-refractivity contribution in [2.75, 3.05) is 31.5 Å². The lowest BCUT2D eigenvalue weighted by molar-refractivity contribution is 0.0387. The number of anilines is 1. The summed E-state index contributed by atoms with van der Waals surface area (Å²) in [5.41, 5.74) is 0.202. The lowest BCUT2D eigenvalue weighted by atomic mass is 9.99. The van der Waals surface area contributed by atoms with Gasteiger partial charge in [-0.15, -0.1) is 11.3 Å². The third-order valence-corrected chi connectivity index (χ3v) is 10.9. The average Bonchev–Trinajstić information content (AvgIpc) is 3.59. The molecule has 1 aliphatic rings. The van der Waals surface area contributed by atoms with Crippen LogP contribution in [0.25, 0.3) is 0 Å². The zero-order valence-electron chi connectivity index (χ0n) is 21.9. The molecule has 12 nitrogen and oxygen atoms in total. The molecule has 15 heteroatoms. The average molecular weight is 598 g/mol. The highest BCUT2D eigenvalue weighted by atomic mass is 32.2. The van der Waals surface area contributed by atoms with Gasteiger partial charge in [-0.2, -0.15) is 12.7 Å². The Labute approximate surface area is 231 Å². The van der Waals surface area contributed by atoms with E-state index < -0.39 is 38.1 Å². The largest absolute Gasteiger partial charge is 0.488 e. The second-order valence-corrected chi connectivity index (χ2v) is 14.4. The highest BCUT2D eigenvalue weighted by molar-refractivity contribution is 7.92. The van der Waals surface area contributed by atoms with E-state index in [2.05, 4.69) is 9.71 Å². The third kappa shape index (κ3) is 6.11. The van der Waals surface area contributed by atoms with Crippen LogP contribution >= 0.6 is 11.3 Å². The fourth-order valence-corrected chi connectivity index (χ4v) is 7.57. The van der Waals surface area contributed by atoms with Gasteiger partial charge in [0.15, 0.2) is 5.03 Å². The number of carbonyl (C=O) groups excluding carboxylic acids is 1. The molecule has 39 heavy (non-hydrogen) atoms. The molecule has 0 spiro atoms. The van der Waals surface area contributed by atoms with E-state index in [9.17, 15) is 26.7 Å². The number of hydrogen-bond donors (Lipinski definition) is 2. The van der Waals surface area contributed by atoms with Gasteiger partial charge in [-0.25, -0.2) is 13.4 Å². The van der Waals surface area contributed by atoms with Crippen LogP contribution in [0.4, 0.5) is 5.69 Å².